The zero-order chi connectivity index (χ0) is 28.7. The van der Waals surface area contributed by atoms with Gasteiger partial charge in [0, 0.05) is 21.9 Å². The van der Waals surface area contributed by atoms with E-state index >= 15 is 0 Å². The first-order valence-corrected chi connectivity index (χ1v) is 12.3. The van der Waals surface area contributed by atoms with Gasteiger partial charge in [0.2, 0.25) is 0 Å². The van der Waals surface area contributed by atoms with Crippen LogP contribution in [-0.2, 0) is 0 Å². The molecule has 1 nitrogen and oxygen atoms in total. The quantitative estimate of drug-likeness (QED) is 0.227. The molecule has 0 bridgehead atoms. The van der Waals surface area contributed by atoms with Crippen LogP contribution in [0.2, 0.25) is 0 Å². The molecule has 1 heterocycles. The van der Waals surface area contributed by atoms with E-state index in [0.717, 1.165) is 65.4 Å². The Morgan fingerprint density at radius 2 is 1.08 bits per heavy atom. The van der Waals surface area contributed by atoms with Crippen LogP contribution in [0.25, 0.3) is 76.5 Å². The molecule has 172 valence electrons. The third kappa shape index (κ3) is 2.92. The fourth-order valence-corrected chi connectivity index (χ4v) is 5.83. The first-order chi connectivity index (χ1) is 20.5. The molecule has 7 aromatic carbocycles. The van der Waals surface area contributed by atoms with Crippen molar-refractivity contribution in [1.82, 2.24) is 0 Å². The van der Waals surface area contributed by atoms with E-state index in [1.165, 1.54) is 0 Å². The third-order valence-corrected chi connectivity index (χ3v) is 7.34. The molecule has 0 saturated heterocycles. The summed E-state index contributed by atoms with van der Waals surface area (Å²) in [4.78, 5) is 0. The fourth-order valence-electron chi connectivity index (χ4n) is 5.83. The maximum absolute atomic E-state index is 8.79. The van der Waals surface area contributed by atoms with Crippen molar-refractivity contribution in [2.45, 2.75) is 0 Å². The van der Waals surface area contributed by atoms with Crippen LogP contribution in [0.4, 0.5) is 0 Å². The second kappa shape index (κ2) is 7.81. The van der Waals surface area contributed by atoms with E-state index in [1.807, 2.05) is 66.7 Å². The standard InChI is InChI=1S/C36H22O/c1-2-12-24(13-3-1)33-26-15-6-8-17-28(26)34(29-18-9-7-16-27(29)33)30-19-10-20-31-35-25-14-5-4-11-23(25)21-22-32(35)37-36(30)31/h1-22H/i1D,2D,3D,12D,13D. The molecular formula is C36H22O. The molecule has 0 radical (unpaired) electrons. The predicted octanol–water partition coefficient (Wildman–Crippen LogP) is 10.4. The first-order valence-electron chi connectivity index (χ1n) is 14.8. The van der Waals surface area contributed by atoms with Crippen molar-refractivity contribution in [3.05, 3.63) is 133 Å². The summed E-state index contributed by atoms with van der Waals surface area (Å²) >= 11 is 0. The molecule has 0 aliphatic rings. The van der Waals surface area contributed by atoms with Crippen molar-refractivity contribution < 1.29 is 11.3 Å². The molecule has 0 spiro atoms. The largest absolute Gasteiger partial charge is 0.455 e. The van der Waals surface area contributed by atoms with Gasteiger partial charge in [-0.25, -0.2) is 0 Å². The lowest BCUT2D eigenvalue weighted by Gasteiger charge is -2.17. The van der Waals surface area contributed by atoms with Gasteiger partial charge in [0.1, 0.15) is 11.2 Å². The van der Waals surface area contributed by atoms with E-state index in [9.17, 15) is 0 Å². The molecular weight excluding hydrogens is 448 g/mol. The van der Waals surface area contributed by atoms with Crippen LogP contribution in [-0.4, -0.2) is 0 Å². The topological polar surface area (TPSA) is 13.1 Å². The van der Waals surface area contributed by atoms with Crippen molar-refractivity contribution in [1.29, 1.82) is 0 Å². The zero-order valence-electron chi connectivity index (χ0n) is 24.7. The van der Waals surface area contributed by atoms with Crippen LogP contribution >= 0.6 is 0 Å². The van der Waals surface area contributed by atoms with E-state index in [0.29, 0.717) is 5.56 Å². The van der Waals surface area contributed by atoms with Crippen LogP contribution in [0.15, 0.2) is 138 Å². The summed E-state index contributed by atoms with van der Waals surface area (Å²) in [6.45, 7) is 0. The Kier molecular flexibility index (Phi) is 3.37. The van der Waals surface area contributed by atoms with Crippen LogP contribution in [0.5, 0.6) is 0 Å². The number of para-hydroxylation sites is 1. The number of fused-ring (bicyclic) bond motifs is 7. The monoisotopic (exact) mass is 475 g/mol. The molecule has 0 N–H and O–H groups in total. The minimum atomic E-state index is -0.400. The summed E-state index contributed by atoms with van der Waals surface area (Å²) in [7, 11) is 0. The predicted molar refractivity (Wildman–Crippen MR) is 157 cm³/mol. The van der Waals surface area contributed by atoms with E-state index in [-0.39, 0.29) is 29.7 Å². The van der Waals surface area contributed by atoms with Crippen molar-refractivity contribution in [2.24, 2.45) is 0 Å². The Balaban J connectivity index is 1.55. The lowest BCUT2D eigenvalue weighted by molar-refractivity contribution is 0.670. The molecule has 0 unspecified atom stereocenters. The van der Waals surface area contributed by atoms with Crippen LogP contribution in [0.1, 0.15) is 6.85 Å². The molecule has 8 rings (SSSR count). The van der Waals surface area contributed by atoms with Crippen molar-refractivity contribution in [3.8, 4) is 22.3 Å². The average Bonchev–Trinajstić information content (AvgIpc) is 3.42. The fraction of sp³-hybridized carbons (Fsp3) is 0. The summed E-state index contributed by atoms with van der Waals surface area (Å²) in [5, 5.41) is 7.84. The second-order valence-corrected chi connectivity index (χ2v) is 9.29. The first kappa shape index (κ1) is 16.0. The average molecular weight is 476 g/mol. The minimum Gasteiger partial charge on any atom is -0.455 e. The zero-order valence-corrected chi connectivity index (χ0v) is 19.7. The van der Waals surface area contributed by atoms with E-state index in [2.05, 4.69) is 36.4 Å². The number of benzene rings is 7. The Morgan fingerprint density at radius 1 is 0.486 bits per heavy atom. The molecule has 37 heavy (non-hydrogen) atoms. The van der Waals surface area contributed by atoms with Gasteiger partial charge in [-0.3, -0.25) is 0 Å². The summed E-state index contributed by atoms with van der Waals surface area (Å²) in [5.74, 6) is 0. The molecule has 0 aliphatic heterocycles. The third-order valence-electron chi connectivity index (χ3n) is 7.34. The van der Waals surface area contributed by atoms with Crippen LogP contribution in [0, 0.1) is 0 Å². The van der Waals surface area contributed by atoms with Crippen molar-refractivity contribution >= 4 is 54.3 Å². The van der Waals surface area contributed by atoms with Crippen molar-refractivity contribution in [3.63, 3.8) is 0 Å². The highest BCUT2D eigenvalue weighted by atomic mass is 16.3. The Morgan fingerprint density at radius 3 is 1.78 bits per heavy atom. The molecule has 0 aliphatic carbocycles. The molecule has 0 saturated carbocycles. The summed E-state index contributed by atoms with van der Waals surface area (Å²) in [6.07, 6.45) is 0. The maximum atomic E-state index is 8.79. The molecule has 8 aromatic rings. The lowest BCUT2D eigenvalue weighted by Crippen LogP contribution is -1.90. The van der Waals surface area contributed by atoms with Gasteiger partial charge in [-0.1, -0.05) is 127 Å². The molecule has 0 amide bonds. The Hall–Kier alpha value is -4.88. The SMILES string of the molecule is [2H]c1c([2H])c([2H])c(-c2c3ccccc3c(-c3cccc4c3oc3ccc5ccccc5c34)c3ccccc23)c([2H])c1[2H]. The van der Waals surface area contributed by atoms with Crippen LogP contribution in [0.3, 0.4) is 0 Å². The minimum absolute atomic E-state index is 0.202. The van der Waals surface area contributed by atoms with Gasteiger partial charge >= 0.3 is 0 Å². The van der Waals surface area contributed by atoms with Gasteiger partial charge < -0.3 is 4.42 Å². The van der Waals surface area contributed by atoms with E-state index in [1.54, 1.807) is 0 Å². The normalized spacial score (nSPS) is 13.7. The molecule has 1 heteroatoms. The van der Waals surface area contributed by atoms with Gasteiger partial charge in [0.25, 0.3) is 0 Å². The summed E-state index contributed by atoms with van der Waals surface area (Å²) < 4.78 is 49.0. The smallest absolute Gasteiger partial charge is 0.143 e. The van der Waals surface area contributed by atoms with Gasteiger partial charge in [0.15, 0.2) is 0 Å². The number of rotatable bonds is 2. The highest BCUT2D eigenvalue weighted by Gasteiger charge is 2.20. The maximum Gasteiger partial charge on any atom is 0.143 e. The second-order valence-electron chi connectivity index (χ2n) is 9.29. The van der Waals surface area contributed by atoms with Gasteiger partial charge in [-0.05, 0) is 49.5 Å². The lowest BCUT2D eigenvalue weighted by atomic mass is 9.85. The number of hydrogen-bond acceptors (Lipinski definition) is 1. The molecule has 0 atom stereocenters. The highest BCUT2D eigenvalue weighted by Crippen LogP contribution is 2.46. The highest BCUT2D eigenvalue weighted by molar-refractivity contribution is 6.26. The summed E-state index contributed by atoms with van der Waals surface area (Å²) in [6, 6.07) is 32.9. The van der Waals surface area contributed by atoms with E-state index < -0.39 is 6.04 Å². The summed E-state index contributed by atoms with van der Waals surface area (Å²) in [5.41, 5.74) is 4.35. The van der Waals surface area contributed by atoms with Gasteiger partial charge in [-0.2, -0.15) is 0 Å². The van der Waals surface area contributed by atoms with Gasteiger partial charge in [-0.15, -0.1) is 0 Å². The van der Waals surface area contributed by atoms with Crippen molar-refractivity contribution in [2.75, 3.05) is 0 Å². The Labute approximate surface area is 221 Å². The van der Waals surface area contributed by atoms with E-state index in [4.69, 9.17) is 11.3 Å². The van der Waals surface area contributed by atoms with Gasteiger partial charge in [0.05, 0.1) is 6.85 Å². The molecule has 0 fully saturated rings. The Bertz CT molecular complexity index is 2340. The van der Waals surface area contributed by atoms with Crippen LogP contribution < -0.4 is 0 Å². The number of furan rings is 1. The number of hydrogen-bond donors (Lipinski definition) is 0. The molecule has 1 aromatic heterocycles.